The van der Waals surface area contributed by atoms with Gasteiger partial charge in [0.05, 0.1) is 26.1 Å². The van der Waals surface area contributed by atoms with Gasteiger partial charge in [0.1, 0.15) is 17.2 Å². The van der Waals surface area contributed by atoms with Crippen molar-refractivity contribution in [3.63, 3.8) is 0 Å². The molecule has 0 aromatic heterocycles. The van der Waals surface area contributed by atoms with E-state index in [0.717, 1.165) is 0 Å². The second kappa shape index (κ2) is 7.46. The number of hydrogen-bond acceptors (Lipinski definition) is 7. The van der Waals surface area contributed by atoms with Gasteiger partial charge in [-0.05, 0) is 35.4 Å². The number of ether oxygens (including phenoxy) is 3. The van der Waals surface area contributed by atoms with Crippen molar-refractivity contribution in [3.05, 3.63) is 89.5 Å². The van der Waals surface area contributed by atoms with Crippen LogP contribution in [0.25, 0.3) is 0 Å². The van der Waals surface area contributed by atoms with Crippen molar-refractivity contribution in [1.29, 1.82) is 0 Å². The van der Waals surface area contributed by atoms with Gasteiger partial charge in [-0.15, -0.1) is 0 Å². The average Bonchev–Trinajstić information content (AvgIpc) is 3.27. The number of fused-ring (bicyclic) bond motifs is 3. The van der Waals surface area contributed by atoms with Gasteiger partial charge in [-0.25, -0.2) is 4.79 Å². The maximum atomic E-state index is 12.6. The molecule has 34 heavy (non-hydrogen) atoms. The average molecular weight is 464 g/mol. The molecule has 1 heterocycles. The molecule has 5 rings (SSSR count). The topological polar surface area (TPSA) is 126 Å². The van der Waals surface area contributed by atoms with Gasteiger partial charge in [0.15, 0.2) is 5.60 Å². The number of rotatable bonds is 5. The summed E-state index contributed by atoms with van der Waals surface area (Å²) in [5, 5.41) is 45.0. The predicted octanol–water partition coefficient (Wildman–Crippen LogP) is 2.37. The van der Waals surface area contributed by atoms with E-state index >= 15 is 0 Å². The van der Waals surface area contributed by atoms with Crippen LogP contribution >= 0.6 is 0 Å². The SMILES string of the molecule is COc1ccc(C23Oc4cccc(OC)c4C2C(O)(O)C(O)(C(=O)O)C3c2ccccc2)cc1. The summed E-state index contributed by atoms with van der Waals surface area (Å²) in [6, 6.07) is 20.0. The number of carbonyl (C=O) groups is 1. The van der Waals surface area contributed by atoms with Gasteiger partial charge in [0.25, 0.3) is 0 Å². The van der Waals surface area contributed by atoms with Crippen LogP contribution in [0, 0.1) is 0 Å². The summed E-state index contributed by atoms with van der Waals surface area (Å²) in [5.74, 6) is -6.61. The third kappa shape index (κ3) is 2.61. The molecule has 0 saturated heterocycles. The number of benzene rings is 3. The maximum absolute atomic E-state index is 12.6. The lowest BCUT2D eigenvalue weighted by molar-refractivity contribution is -0.268. The van der Waals surface area contributed by atoms with Gasteiger partial charge < -0.3 is 34.6 Å². The molecule has 0 spiro atoms. The Bertz CT molecular complexity index is 1240. The summed E-state index contributed by atoms with van der Waals surface area (Å²) in [5.41, 5.74) is -3.66. The van der Waals surface area contributed by atoms with Crippen LogP contribution in [0.4, 0.5) is 0 Å². The Kier molecular flexibility index (Phi) is 4.87. The molecule has 4 atom stereocenters. The van der Waals surface area contributed by atoms with E-state index in [0.29, 0.717) is 22.6 Å². The van der Waals surface area contributed by atoms with E-state index in [4.69, 9.17) is 14.2 Å². The fraction of sp³-hybridized carbons (Fsp3) is 0.269. The van der Waals surface area contributed by atoms with Crippen LogP contribution in [0.2, 0.25) is 0 Å². The van der Waals surface area contributed by atoms with Gasteiger partial charge in [-0.2, -0.15) is 0 Å². The zero-order valence-electron chi connectivity index (χ0n) is 18.5. The highest BCUT2D eigenvalue weighted by Gasteiger charge is 2.83. The molecule has 0 amide bonds. The fourth-order valence-electron chi connectivity index (χ4n) is 5.66. The Morgan fingerprint density at radius 2 is 1.53 bits per heavy atom. The highest BCUT2D eigenvalue weighted by Crippen LogP contribution is 2.71. The van der Waals surface area contributed by atoms with Crippen LogP contribution < -0.4 is 14.2 Å². The first kappa shape index (κ1) is 22.2. The second-order valence-electron chi connectivity index (χ2n) is 8.57. The van der Waals surface area contributed by atoms with Gasteiger partial charge >= 0.3 is 5.97 Å². The molecule has 4 unspecified atom stereocenters. The molecule has 3 aromatic carbocycles. The van der Waals surface area contributed by atoms with Gasteiger partial charge in [-0.1, -0.05) is 48.5 Å². The van der Waals surface area contributed by atoms with E-state index in [-0.39, 0.29) is 11.3 Å². The summed E-state index contributed by atoms with van der Waals surface area (Å²) in [4.78, 5) is 12.6. The fourth-order valence-corrected chi connectivity index (χ4v) is 5.66. The lowest BCUT2D eigenvalue weighted by Crippen LogP contribution is -2.60. The minimum absolute atomic E-state index is 0.268. The molecule has 8 heteroatoms. The van der Waals surface area contributed by atoms with E-state index in [2.05, 4.69) is 0 Å². The molecule has 4 N–H and O–H groups in total. The Morgan fingerprint density at radius 3 is 2.12 bits per heavy atom. The van der Waals surface area contributed by atoms with E-state index in [1.54, 1.807) is 72.8 Å². The molecule has 176 valence electrons. The number of methoxy groups -OCH3 is 2. The van der Waals surface area contributed by atoms with Crippen molar-refractivity contribution >= 4 is 5.97 Å². The minimum Gasteiger partial charge on any atom is -0.497 e. The maximum Gasteiger partial charge on any atom is 0.342 e. The third-order valence-electron chi connectivity index (χ3n) is 7.05. The highest BCUT2D eigenvalue weighted by molar-refractivity contribution is 5.84. The summed E-state index contributed by atoms with van der Waals surface area (Å²) >= 11 is 0. The van der Waals surface area contributed by atoms with Crippen molar-refractivity contribution in [1.82, 2.24) is 0 Å². The lowest BCUT2D eigenvalue weighted by Gasteiger charge is -2.38. The van der Waals surface area contributed by atoms with Gasteiger partial charge in [0, 0.05) is 5.56 Å². The van der Waals surface area contributed by atoms with Crippen LogP contribution in [0.1, 0.15) is 28.5 Å². The van der Waals surface area contributed by atoms with Crippen LogP contribution in [0.3, 0.4) is 0 Å². The molecule has 1 aliphatic heterocycles. The zero-order chi connectivity index (χ0) is 24.3. The number of aliphatic carboxylic acids is 1. The molecular formula is C26H24O8. The summed E-state index contributed by atoms with van der Waals surface area (Å²) in [7, 11) is 2.94. The summed E-state index contributed by atoms with van der Waals surface area (Å²) in [6.45, 7) is 0. The largest absolute Gasteiger partial charge is 0.497 e. The number of carboxylic acid groups (broad SMARTS) is 1. The van der Waals surface area contributed by atoms with Crippen LogP contribution in [0.5, 0.6) is 17.2 Å². The Balaban J connectivity index is 1.90. The van der Waals surface area contributed by atoms with E-state index in [9.17, 15) is 25.2 Å². The summed E-state index contributed by atoms with van der Waals surface area (Å²) in [6.07, 6.45) is 0. The monoisotopic (exact) mass is 464 g/mol. The van der Waals surface area contributed by atoms with Crippen molar-refractivity contribution in [2.24, 2.45) is 0 Å². The normalized spacial score (nSPS) is 28.5. The predicted molar refractivity (Wildman–Crippen MR) is 120 cm³/mol. The first-order valence-corrected chi connectivity index (χ1v) is 10.7. The number of carboxylic acids is 1. The molecule has 3 aromatic rings. The van der Waals surface area contributed by atoms with E-state index < -0.39 is 34.8 Å². The molecule has 1 fully saturated rings. The molecule has 1 aliphatic carbocycles. The van der Waals surface area contributed by atoms with Crippen LogP contribution in [-0.2, 0) is 10.4 Å². The van der Waals surface area contributed by atoms with Crippen LogP contribution in [0.15, 0.2) is 72.8 Å². The molecular weight excluding hydrogens is 440 g/mol. The van der Waals surface area contributed by atoms with Gasteiger partial charge in [0.2, 0.25) is 11.4 Å². The minimum atomic E-state index is -3.14. The Labute approximate surface area is 195 Å². The standard InChI is InChI=1S/C26H24O8/c1-32-17-13-11-16(12-14-17)24-21(15-7-4-3-5-8-15)25(29,23(27)28)26(30,31)22(24)20-18(33-2)9-6-10-19(20)34-24/h3-14,21-22,29-31H,1-2H3,(H,27,28). The first-order valence-electron chi connectivity index (χ1n) is 10.7. The molecule has 0 radical (unpaired) electrons. The zero-order valence-corrected chi connectivity index (χ0v) is 18.5. The van der Waals surface area contributed by atoms with E-state index in [1.807, 2.05) is 0 Å². The number of hydrogen-bond donors (Lipinski definition) is 4. The van der Waals surface area contributed by atoms with E-state index in [1.165, 1.54) is 14.2 Å². The molecule has 0 bridgehead atoms. The lowest BCUT2D eigenvalue weighted by atomic mass is 9.72. The van der Waals surface area contributed by atoms with Crippen molar-refractivity contribution in [3.8, 4) is 17.2 Å². The molecule has 2 aliphatic rings. The summed E-state index contributed by atoms with van der Waals surface area (Å²) < 4.78 is 17.3. The van der Waals surface area contributed by atoms with Crippen molar-refractivity contribution < 1.29 is 39.4 Å². The Hall–Kier alpha value is -3.59. The smallest absolute Gasteiger partial charge is 0.342 e. The van der Waals surface area contributed by atoms with Crippen molar-refractivity contribution in [2.75, 3.05) is 14.2 Å². The number of aliphatic hydroxyl groups is 3. The molecule has 1 saturated carbocycles. The molecule has 8 nitrogen and oxygen atoms in total. The highest BCUT2D eigenvalue weighted by atomic mass is 16.6. The first-order chi connectivity index (χ1) is 16.2. The van der Waals surface area contributed by atoms with Crippen LogP contribution in [-0.4, -0.2) is 52.0 Å². The second-order valence-corrected chi connectivity index (χ2v) is 8.57. The quantitative estimate of drug-likeness (QED) is 0.424. The third-order valence-corrected chi connectivity index (χ3v) is 7.05. The van der Waals surface area contributed by atoms with Gasteiger partial charge in [-0.3, -0.25) is 0 Å². The Morgan fingerprint density at radius 1 is 0.853 bits per heavy atom. The van der Waals surface area contributed by atoms with Crippen molar-refractivity contribution in [2.45, 2.75) is 28.8 Å².